The van der Waals surface area contributed by atoms with E-state index in [-0.39, 0.29) is 5.56 Å². The Labute approximate surface area is 200 Å². The van der Waals surface area contributed by atoms with Crippen molar-refractivity contribution in [3.05, 3.63) is 85.2 Å². The van der Waals surface area contributed by atoms with Crippen molar-refractivity contribution in [2.75, 3.05) is 7.11 Å². The number of nitrogens with zero attached hydrogens (tertiary/aromatic N) is 1. The minimum Gasteiger partial charge on any atom is -0.493 e. The van der Waals surface area contributed by atoms with Crippen LogP contribution in [-0.4, -0.2) is 17.1 Å². The zero-order valence-electron chi connectivity index (χ0n) is 18.2. The molecule has 1 aliphatic carbocycles. The quantitative estimate of drug-likeness (QED) is 0.354. The predicted octanol–water partition coefficient (Wildman–Crippen LogP) is 6.27. The number of aromatic nitrogens is 2. The molecule has 4 aromatic rings. The molecule has 0 bridgehead atoms. The topological polar surface area (TPSA) is 64.2 Å². The minimum atomic E-state index is -0.0532. The van der Waals surface area contributed by atoms with Crippen LogP contribution in [0.1, 0.15) is 40.2 Å². The van der Waals surface area contributed by atoms with Crippen LogP contribution < -0.4 is 15.0 Å². The van der Waals surface area contributed by atoms with Gasteiger partial charge in [0, 0.05) is 9.90 Å². The first-order valence-corrected chi connectivity index (χ1v) is 12.1. The molecule has 1 aliphatic rings. The number of benzene rings is 2. The summed E-state index contributed by atoms with van der Waals surface area (Å²) < 4.78 is 11.4. The first kappa shape index (κ1) is 21.7. The number of aryl methyl sites for hydroxylation is 2. The number of ether oxygens (including phenoxy) is 2. The number of fused-ring (bicyclic) bond motifs is 3. The highest BCUT2D eigenvalue weighted by molar-refractivity contribution is 7.18. The van der Waals surface area contributed by atoms with Crippen LogP contribution >= 0.6 is 22.9 Å². The molecule has 0 unspecified atom stereocenters. The average molecular weight is 479 g/mol. The van der Waals surface area contributed by atoms with E-state index in [2.05, 4.69) is 4.98 Å². The molecule has 0 saturated carbocycles. The Balaban J connectivity index is 1.35. The summed E-state index contributed by atoms with van der Waals surface area (Å²) in [7, 11) is 1.61. The summed E-state index contributed by atoms with van der Waals surface area (Å²) in [6.45, 7) is 0.415. The largest absolute Gasteiger partial charge is 0.493 e. The van der Waals surface area contributed by atoms with Crippen molar-refractivity contribution in [3.63, 3.8) is 0 Å². The van der Waals surface area contributed by atoms with E-state index in [4.69, 9.17) is 26.1 Å². The van der Waals surface area contributed by atoms with Gasteiger partial charge in [0.2, 0.25) is 0 Å². The van der Waals surface area contributed by atoms with E-state index in [9.17, 15) is 4.79 Å². The summed E-state index contributed by atoms with van der Waals surface area (Å²) in [6, 6.07) is 13.3. The zero-order chi connectivity index (χ0) is 22.8. The van der Waals surface area contributed by atoms with Gasteiger partial charge in [0.1, 0.15) is 17.3 Å². The van der Waals surface area contributed by atoms with Crippen molar-refractivity contribution in [2.45, 2.75) is 32.3 Å². The van der Waals surface area contributed by atoms with Gasteiger partial charge in [0.05, 0.1) is 12.5 Å². The molecule has 0 aliphatic heterocycles. The molecule has 5 nitrogen and oxygen atoms in total. The lowest BCUT2D eigenvalue weighted by atomic mass is 9.97. The molecular formula is C26H23ClN2O3S. The van der Waals surface area contributed by atoms with Gasteiger partial charge in [-0.25, -0.2) is 4.98 Å². The zero-order valence-corrected chi connectivity index (χ0v) is 19.8. The van der Waals surface area contributed by atoms with Gasteiger partial charge in [-0.3, -0.25) is 4.79 Å². The van der Waals surface area contributed by atoms with Crippen LogP contribution in [0.25, 0.3) is 22.4 Å². The summed E-state index contributed by atoms with van der Waals surface area (Å²) >= 11 is 7.59. The minimum absolute atomic E-state index is 0.0532. The van der Waals surface area contributed by atoms with Crippen LogP contribution in [0.5, 0.6) is 11.5 Å². The highest BCUT2D eigenvalue weighted by Gasteiger charge is 2.19. The second kappa shape index (κ2) is 9.41. The van der Waals surface area contributed by atoms with E-state index >= 15 is 0 Å². The smallest absolute Gasteiger partial charge is 0.260 e. The molecule has 0 atom stereocenters. The van der Waals surface area contributed by atoms with E-state index in [0.29, 0.717) is 29.0 Å². The molecule has 2 aromatic carbocycles. The van der Waals surface area contributed by atoms with E-state index in [0.717, 1.165) is 40.6 Å². The first-order chi connectivity index (χ1) is 16.1. The molecule has 1 N–H and O–H groups in total. The van der Waals surface area contributed by atoms with E-state index in [1.807, 2.05) is 54.6 Å². The Morgan fingerprint density at radius 2 is 1.91 bits per heavy atom. The fourth-order valence-electron chi connectivity index (χ4n) is 4.08. The fraction of sp³-hybridized carbons (Fsp3) is 0.231. The maximum atomic E-state index is 12.7. The first-order valence-electron chi connectivity index (χ1n) is 10.9. The molecule has 33 heavy (non-hydrogen) atoms. The number of thiophene rings is 1. The van der Waals surface area contributed by atoms with Crippen molar-refractivity contribution < 1.29 is 9.47 Å². The normalized spacial score (nSPS) is 13.4. The maximum absolute atomic E-state index is 12.7. The maximum Gasteiger partial charge on any atom is 0.260 e. The molecule has 5 rings (SSSR count). The predicted molar refractivity (Wildman–Crippen MR) is 135 cm³/mol. The van der Waals surface area contributed by atoms with Gasteiger partial charge in [0.15, 0.2) is 11.5 Å². The van der Waals surface area contributed by atoms with Gasteiger partial charge in [0.25, 0.3) is 5.56 Å². The highest BCUT2D eigenvalue weighted by Crippen LogP contribution is 2.34. The van der Waals surface area contributed by atoms with Crippen LogP contribution in [0.2, 0.25) is 5.02 Å². The summed E-state index contributed by atoms with van der Waals surface area (Å²) in [5.41, 5.74) is 3.08. The molecule has 0 spiro atoms. The number of hydrogen-bond acceptors (Lipinski definition) is 5. The van der Waals surface area contributed by atoms with Gasteiger partial charge in [-0.15, -0.1) is 11.3 Å². The van der Waals surface area contributed by atoms with Crippen LogP contribution in [0, 0.1) is 0 Å². The number of halogens is 1. The highest BCUT2D eigenvalue weighted by atomic mass is 35.5. The monoisotopic (exact) mass is 478 g/mol. The van der Waals surface area contributed by atoms with E-state index in [1.165, 1.54) is 16.9 Å². The van der Waals surface area contributed by atoms with Crippen LogP contribution in [-0.2, 0) is 19.4 Å². The number of methoxy groups -OCH3 is 1. The van der Waals surface area contributed by atoms with Crippen LogP contribution in [0.15, 0.2) is 47.3 Å². The summed E-state index contributed by atoms with van der Waals surface area (Å²) in [5.74, 6) is 1.84. The van der Waals surface area contributed by atoms with Gasteiger partial charge in [-0.05, 0) is 72.7 Å². The number of H-pyrrole nitrogens is 1. The van der Waals surface area contributed by atoms with Crippen molar-refractivity contribution in [3.8, 4) is 11.5 Å². The summed E-state index contributed by atoms with van der Waals surface area (Å²) in [5, 5.41) is 1.47. The van der Waals surface area contributed by atoms with Crippen LogP contribution in [0.3, 0.4) is 0 Å². The van der Waals surface area contributed by atoms with Gasteiger partial charge >= 0.3 is 0 Å². The number of aromatic amines is 1. The molecule has 0 radical (unpaired) electrons. The summed E-state index contributed by atoms with van der Waals surface area (Å²) in [4.78, 5) is 22.5. The van der Waals surface area contributed by atoms with Crippen molar-refractivity contribution in [2.24, 2.45) is 0 Å². The number of hydrogen-bond donors (Lipinski definition) is 1. The lowest BCUT2D eigenvalue weighted by Crippen LogP contribution is -2.11. The van der Waals surface area contributed by atoms with E-state index in [1.54, 1.807) is 18.4 Å². The second-order valence-corrected chi connectivity index (χ2v) is 9.52. The van der Waals surface area contributed by atoms with E-state index < -0.39 is 0 Å². The summed E-state index contributed by atoms with van der Waals surface area (Å²) in [6.07, 6.45) is 8.08. The second-order valence-electron chi connectivity index (χ2n) is 8.00. The Morgan fingerprint density at radius 1 is 1.09 bits per heavy atom. The molecule has 7 heteroatoms. The SMILES string of the molecule is COc1cc(C=Cc2nc3sc4c(c3c(=O)[nH]2)CCCC4)ccc1OCc1ccc(Cl)cc1. The lowest BCUT2D eigenvalue weighted by Gasteiger charge is -2.11. The van der Waals surface area contributed by atoms with Gasteiger partial charge in [-0.1, -0.05) is 35.9 Å². The average Bonchev–Trinajstić information content (AvgIpc) is 3.21. The Bertz CT molecular complexity index is 1390. The Morgan fingerprint density at radius 3 is 2.73 bits per heavy atom. The van der Waals surface area contributed by atoms with Gasteiger partial charge in [-0.2, -0.15) is 0 Å². The Hall–Kier alpha value is -3.09. The number of nitrogens with one attached hydrogen (secondary N) is 1. The van der Waals surface area contributed by atoms with Crippen molar-refractivity contribution in [1.29, 1.82) is 0 Å². The molecule has 2 heterocycles. The third-order valence-corrected chi connectivity index (χ3v) is 7.21. The van der Waals surface area contributed by atoms with Crippen LogP contribution in [0.4, 0.5) is 0 Å². The third-order valence-electron chi connectivity index (χ3n) is 5.77. The fourth-order valence-corrected chi connectivity index (χ4v) is 5.48. The molecule has 0 saturated heterocycles. The molecule has 0 fully saturated rings. The molecular weight excluding hydrogens is 456 g/mol. The third kappa shape index (κ3) is 4.68. The molecule has 0 amide bonds. The Kier molecular flexibility index (Phi) is 6.20. The molecule has 2 aromatic heterocycles. The lowest BCUT2D eigenvalue weighted by molar-refractivity contribution is 0.284. The molecule has 168 valence electrons. The van der Waals surface area contributed by atoms with Crippen molar-refractivity contribution >= 4 is 45.3 Å². The number of rotatable bonds is 6. The van der Waals surface area contributed by atoms with Crippen molar-refractivity contribution in [1.82, 2.24) is 9.97 Å². The van der Waals surface area contributed by atoms with Gasteiger partial charge < -0.3 is 14.5 Å². The standard InChI is InChI=1S/C26H23ClN2O3S/c1-31-21-14-16(8-12-20(21)32-15-17-6-10-18(27)11-7-17)9-13-23-28-25(30)24-19-4-2-3-5-22(19)33-26(24)29-23/h6-14H,2-5,15H2,1H3,(H,28,29,30).